The zero-order chi connectivity index (χ0) is 21.3. The third-order valence-electron chi connectivity index (χ3n) is 6.61. The van der Waals surface area contributed by atoms with E-state index in [9.17, 15) is 4.79 Å². The standard InChI is InChI=1S/C24H28N6O/c1-28-18-26-27-22(28)21-14-29(13-20-10-6-3-7-11-20)15-24(21)16-30(17-24)23(31)25-12-19-8-4-2-5-9-19/h2-11,18,21H,12-17H2,1H3,(H,25,31). The Balaban J connectivity index is 1.27. The van der Waals surface area contributed by atoms with Crippen LogP contribution in [0.4, 0.5) is 4.79 Å². The van der Waals surface area contributed by atoms with E-state index in [0.717, 1.165) is 44.1 Å². The van der Waals surface area contributed by atoms with Gasteiger partial charge >= 0.3 is 6.03 Å². The molecular weight excluding hydrogens is 388 g/mol. The molecule has 1 unspecified atom stereocenters. The maximum Gasteiger partial charge on any atom is 0.317 e. The van der Waals surface area contributed by atoms with Gasteiger partial charge in [-0.2, -0.15) is 0 Å². The molecular formula is C24H28N6O. The number of nitrogens with one attached hydrogen (secondary N) is 1. The lowest BCUT2D eigenvalue weighted by Gasteiger charge is -2.50. The first-order chi connectivity index (χ1) is 15.1. The van der Waals surface area contributed by atoms with Gasteiger partial charge in [-0.3, -0.25) is 4.90 Å². The average molecular weight is 417 g/mol. The molecule has 1 aromatic heterocycles. The highest BCUT2D eigenvalue weighted by molar-refractivity contribution is 5.75. The summed E-state index contributed by atoms with van der Waals surface area (Å²) in [6.45, 7) is 4.85. The summed E-state index contributed by atoms with van der Waals surface area (Å²) in [5, 5.41) is 11.6. The van der Waals surface area contributed by atoms with E-state index in [1.165, 1.54) is 5.56 Å². The number of rotatable bonds is 5. The highest BCUT2D eigenvalue weighted by atomic mass is 16.2. The number of nitrogens with zero attached hydrogens (tertiary/aromatic N) is 5. The van der Waals surface area contributed by atoms with E-state index < -0.39 is 0 Å². The van der Waals surface area contributed by atoms with Crippen LogP contribution in [0.1, 0.15) is 22.9 Å². The first-order valence-electron chi connectivity index (χ1n) is 10.8. The van der Waals surface area contributed by atoms with Gasteiger partial charge in [-0.25, -0.2) is 4.79 Å². The Bertz CT molecular complexity index is 1030. The Kier molecular flexibility index (Phi) is 5.19. The average Bonchev–Trinajstić information content (AvgIpc) is 3.35. The Labute approximate surface area is 182 Å². The summed E-state index contributed by atoms with van der Waals surface area (Å²) in [4.78, 5) is 17.2. The van der Waals surface area contributed by atoms with Crippen LogP contribution in [0.15, 0.2) is 67.0 Å². The fourth-order valence-corrected chi connectivity index (χ4v) is 5.06. The predicted octanol–water partition coefficient (Wildman–Crippen LogP) is 2.63. The van der Waals surface area contributed by atoms with Crippen LogP contribution >= 0.6 is 0 Å². The van der Waals surface area contributed by atoms with Crippen LogP contribution in [0.25, 0.3) is 0 Å². The summed E-state index contributed by atoms with van der Waals surface area (Å²) in [6.07, 6.45) is 1.77. The molecule has 3 aromatic rings. The van der Waals surface area contributed by atoms with E-state index in [1.54, 1.807) is 6.33 Å². The number of amides is 2. The summed E-state index contributed by atoms with van der Waals surface area (Å²) >= 11 is 0. The number of urea groups is 1. The first-order valence-corrected chi connectivity index (χ1v) is 10.8. The van der Waals surface area contributed by atoms with Crippen molar-refractivity contribution in [3.63, 3.8) is 0 Å². The van der Waals surface area contributed by atoms with E-state index in [2.05, 4.69) is 50.7 Å². The molecule has 1 N–H and O–H groups in total. The van der Waals surface area contributed by atoms with E-state index in [1.807, 2.05) is 46.8 Å². The minimum absolute atomic E-state index is 0.00713. The highest BCUT2D eigenvalue weighted by Gasteiger charge is 2.57. The van der Waals surface area contributed by atoms with Crippen molar-refractivity contribution >= 4 is 6.03 Å². The molecule has 5 rings (SSSR count). The number of carbonyl (C=O) groups is 1. The number of aromatic nitrogens is 3. The lowest BCUT2D eigenvalue weighted by molar-refractivity contribution is 0.0242. The molecule has 7 nitrogen and oxygen atoms in total. The molecule has 1 atom stereocenters. The molecule has 160 valence electrons. The SMILES string of the molecule is Cn1cnnc1C1CN(Cc2ccccc2)CC12CN(C(=O)NCc1ccccc1)C2. The monoisotopic (exact) mass is 416 g/mol. The molecule has 2 amide bonds. The van der Waals surface area contributed by atoms with Gasteiger partial charge < -0.3 is 14.8 Å². The summed E-state index contributed by atoms with van der Waals surface area (Å²) in [6, 6.07) is 20.6. The van der Waals surface area contributed by atoms with Crippen LogP contribution in [0.2, 0.25) is 0 Å². The third-order valence-corrected chi connectivity index (χ3v) is 6.61. The van der Waals surface area contributed by atoms with Crippen LogP contribution in [0, 0.1) is 5.41 Å². The van der Waals surface area contributed by atoms with Crippen molar-refractivity contribution < 1.29 is 4.79 Å². The van der Waals surface area contributed by atoms with Crippen molar-refractivity contribution in [2.75, 3.05) is 26.2 Å². The van der Waals surface area contributed by atoms with E-state index in [4.69, 9.17) is 0 Å². The molecule has 2 aromatic carbocycles. The molecule has 0 saturated carbocycles. The van der Waals surface area contributed by atoms with Crippen molar-refractivity contribution in [3.05, 3.63) is 83.9 Å². The summed E-state index contributed by atoms with van der Waals surface area (Å²) in [5.41, 5.74) is 2.45. The number of hydrogen-bond acceptors (Lipinski definition) is 4. The maximum absolute atomic E-state index is 12.7. The van der Waals surface area contributed by atoms with Crippen LogP contribution in [-0.2, 0) is 20.1 Å². The molecule has 0 radical (unpaired) electrons. The largest absolute Gasteiger partial charge is 0.334 e. The normalized spacial score (nSPS) is 20.0. The summed E-state index contributed by atoms with van der Waals surface area (Å²) in [7, 11) is 2.01. The topological polar surface area (TPSA) is 66.3 Å². The van der Waals surface area contributed by atoms with Gasteiger partial charge in [0.1, 0.15) is 12.2 Å². The van der Waals surface area contributed by atoms with Gasteiger partial charge in [-0.15, -0.1) is 10.2 Å². The smallest absolute Gasteiger partial charge is 0.317 e. The lowest BCUT2D eigenvalue weighted by atomic mass is 9.71. The van der Waals surface area contributed by atoms with Crippen molar-refractivity contribution in [3.8, 4) is 0 Å². The van der Waals surface area contributed by atoms with Gasteiger partial charge in [0.2, 0.25) is 0 Å². The van der Waals surface area contributed by atoms with Gasteiger partial charge in [-0.1, -0.05) is 60.7 Å². The van der Waals surface area contributed by atoms with Gasteiger partial charge in [0.15, 0.2) is 0 Å². The van der Waals surface area contributed by atoms with Crippen LogP contribution in [0.5, 0.6) is 0 Å². The van der Waals surface area contributed by atoms with Gasteiger partial charge in [0, 0.05) is 57.6 Å². The molecule has 2 saturated heterocycles. The molecule has 3 heterocycles. The molecule has 31 heavy (non-hydrogen) atoms. The predicted molar refractivity (Wildman–Crippen MR) is 118 cm³/mol. The number of carbonyl (C=O) groups excluding carboxylic acids is 1. The molecule has 2 aliphatic heterocycles. The molecule has 2 aliphatic rings. The Morgan fingerprint density at radius 2 is 1.71 bits per heavy atom. The second kappa shape index (κ2) is 8.15. The van der Waals surface area contributed by atoms with Crippen molar-refractivity contribution in [1.82, 2.24) is 29.9 Å². The zero-order valence-corrected chi connectivity index (χ0v) is 17.8. The van der Waals surface area contributed by atoms with Crippen molar-refractivity contribution in [1.29, 1.82) is 0 Å². The number of aryl methyl sites for hydroxylation is 1. The van der Waals surface area contributed by atoms with Crippen molar-refractivity contribution in [2.24, 2.45) is 12.5 Å². The first kappa shape index (κ1) is 19.8. The second-order valence-electron chi connectivity index (χ2n) is 8.87. The molecule has 7 heteroatoms. The van der Waals surface area contributed by atoms with Crippen molar-refractivity contribution in [2.45, 2.75) is 19.0 Å². The van der Waals surface area contributed by atoms with Gasteiger partial charge in [0.25, 0.3) is 0 Å². The quantitative estimate of drug-likeness (QED) is 0.694. The maximum atomic E-state index is 12.7. The van der Waals surface area contributed by atoms with Gasteiger partial charge in [-0.05, 0) is 11.1 Å². The van der Waals surface area contributed by atoms with Crippen LogP contribution < -0.4 is 5.32 Å². The Morgan fingerprint density at radius 1 is 1.03 bits per heavy atom. The summed E-state index contributed by atoms with van der Waals surface area (Å²) in [5.74, 6) is 1.28. The molecule has 2 fully saturated rings. The molecule has 1 spiro atoms. The van der Waals surface area contributed by atoms with Crippen LogP contribution in [0.3, 0.4) is 0 Å². The second-order valence-corrected chi connectivity index (χ2v) is 8.87. The van der Waals surface area contributed by atoms with E-state index >= 15 is 0 Å². The number of hydrogen-bond donors (Lipinski definition) is 1. The Morgan fingerprint density at radius 3 is 2.35 bits per heavy atom. The van der Waals surface area contributed by atoms with E-state index in [0.29, 0.717) is 6.54 Å². The van der Waals surface area contributed by atoms with Crippen LogP contribution in [-0.4, -0.2) is 56.8 Å². The number of likely N-dealkylation sites (tertiary alicyclic amines) is 2. The van der Waals surface area contributed by atoms with E-state index in [-0.39, 0.29) is 17.4 Å². The fraction of sp³-hybridized carbons (Fsp3) is 0.375. The summed E-state index contributed by atoms with van der Waals surface area (Å²) < 4.78 is 2.02. The van der Waals surface area contributed by atoms with Gasteiger partial charge in [0.05, 0.1) is 0 Å². The third kappa shape index (κ3) is 3.93. The number of benzene rings is 2. The highest BCUT2D eigenvalue weighted by Crippen LogP contribution is 2.48. The lowest BCUT2D eigenvalue weighted by Crippen LogP contribution is -2.63. The minimum atomic E-state index is 0.00713. The molecule has 0 bridgehead atoms. The molecule has 0 aliphatic carbocycles. The minimum Gasteiger partial charge on any atom is -0.334 e. The fourth-order valence-electron chi connectivity index (χ4n) is 5.06. The Hall–Kier alpha value is -3.19. The zero-order valence-electron chi connectivity index (χ0n) is 17.8.